The summed E-state index contributed by atoms with van der Waals surface area (Å²) in [7, 11) is 3.89. The Morgan fingerprint density at radius 1 is 1.16 bits per heavy atom. The van der Waals surface area contributed by atoms with Gasteiger partial charge < -0.3 is 19.6 Å². The lowest BCUT2D eigenvalue weighted by molar-refractivity contribution is -0.139. The zero-order valence-corrected chi connectivity index (χ0v) is 19.8. The van der Waals surface area contributed by atoms with Gasteiger partial charge in [-0.15, -0.1) is 0 Å². The molecule has 32 heavy (non-hydrogen) atoms. The number of ketones is 1. The first-order chi connectivity index (χ1) is 15.2. The Kier molecular flexibility index (Phi) is 7.82. The summed E-state index contributed by atoms with van der Waals surface area (Å²) < 4.78 is 5.44. The van der Waals surface area contributed by atoms with Crippen LogP contribution in [-0.2, 0) is 9.59 Å². The molecule has 1 amide bonds. The third-order valence-electron chi connectivity index (χ3n) is 5.21. The van der Waals surface area contributed by atoms with Crippen LogP contribution in [0.1, 0.15) is 30.5 Å². The molecule has 1 N–H and O–H groups in total. The van der Waals surface area contributed by atoms with Crippen LogP contribution in [0.15, 0.2) is 48.0 Å². The number of nitrogens with zero attached hydrogens (tertiary/aromatic N) is 2. The number of carbonyl (C=O) groups is 2. The minimum absolute atomic E-state index is 0.0161. The topological polar surface area (TPSA) is 70.1 Å². The van der Waals surface area contributed by atoms with Crippen molar-refractivity contribution in [3.05, 3.63) is 69.2 Å². The number of amides is 1. The Hall–Kier alpha value is -2.54. The van der Waals surface area contributed by atoms with E-state index in [1.165, 1.54) is 11.0 Å². The van der Waals surface area contributed by atoms with Crippen molar-refractivity contribution < 1.29 is 19.4 Å². The lowest BCUT2D eigenvalue weighted by Gasteiger charge is -2.26. The van der Waals surface area contributed by atoms with Gasteiger partial charge in [0.25, 0.3) is 11.7 Å². The van der Waals surface area contributed by atoms with Crippen molar-refractivity contribution in [2.45, 2.75) is 19.4 Å². The summed E-state index contributed by atoms with van der Waals surface area (Å²) in [5, 5.41) is 11.9. The largest absolute Gasteiger partial charge is 0.507 e. The fraction of sp³-hybridized carbons (Fsp3) is 0.333. The third-order valence-corrected chi connectivity index (χ3v) is 5.74. The Balaban J connectivity index is 2.09. The molecule has 1 saturated heterocycles. The molecule has 8 heteroatoms. The van der Waals surface area contributed by atoms with Gasteiger partial charge in [-0.2, -0.15) is 0 Å². The molecule has 1 aliphatic heterocycles. The van der Waals surface area contributed by atoms with Crippen LogP contribution in [0.4, 0.5) is 0 Å². The Bertz CT molecular complexity index is 1050. The van der Waals surface area contributed by atoms with E-state index in [0.29, 0.717) is 46.5 Å². The molecule has 0 aromatic heterocycles. The number of aliphatic hydroxyl groups excluding tert-OH is 1. The van der Waals surface area contributed by atoms with Gasteiger partial charge in [0.1, 0.15) is 11.5 Å². The molecular formula is C24H26Cl2N2O4. The first kappa shape index (κ1) is 24.1. The van der Waals surface area contributed by atoms with Crippen molar-refractivity contribution in [1.82, 2.24) is 9.80 Å². The highest BCUT2D eigenvalue weighted by molar-refractivity contribution is 6.46. The number of ether oxygens (including phenoxy) is 1. The number of carbonyl (C=O) groups excluding carboxylic acids is 2. The van der Waals surface area contributed by atoms with Crippen LogP contribution in [0.25, 0.3) is 5.76 Å². The van der Waals surface area contributed by atoms with Crippen LogP contribution < -0.4 is 4.74 Å². The van der Waals surface area contributed by atoms with Crippen molar-refractivity contribution in [1.29, 1.82) is 0 Å². The zero-order valence-electron chi connectivity index (χ0n) is 18.3. The molecule has 170 valence electrons. The zero-order chi connectivity index (χ0) is 23.4. The molecule has 0 aliphatic carbocycles. The molecule has 1 fully saturated rings. The van der Waals surface area contributed by atoms with Crippen LogP contribution in [0, 0.1) is 0 Å². The number of aliphatic hydroxyl groups is 1. The summed E-state index contributed by atoms with van der Waals surface area (Å²) in [5.41, 5.74) is 0.999. The average Bonchev–Trinajstić information content (AvgIpc) is 2.99. The van der Waals surface area contributed by atoms with Crippen molar-refractivity contribution in [3.63, 3.8) is 0 Å². The van der Waals surface area contributed by atoms with Crippen molar-refractivity contribution >= 4 is 40.7 Å². The van der Waals surface area contributed by atoms with Gasteiger partial charge in [-0.3, -0.25) is 9.59 Å². The van der Waals surface area contributed by atoms with Crippen LogP contribution in [0.5, 0.6) is 5.75 Å². The molecule has 3 rings (SSSR count). The summed E-state index contributed by atoms with van der Waals surface area (Å²) >= 11 is 12.5. The molecule has 2 aromatic rings. The number of halogens is 2. The van der Waals surface area contributed by atoms with Gasteiger partial charge in [-0.1, -0.05) is 35.3 Å². The second kappa shape index (κ2) is 10.4. The fourth-order valence-electron chi connectivity index (χ4n) is 3.77. The van der Waals surface area contributed by atoms with E-state index in [2.05, 4.69) is 0 Å². The number of likely N-dealkylation sites (tertiary alicyclic amines) is 1. The van der Waals surface area contributed by atoms with Gasteiger partial charge in [-0.25, -0.2) is 0 Å². The van der Waals surface area contributed by atoms with Crippen LogP contribution >= 0.6 is 23.2 Å². The molecule has 0 bridgehead atoms. The lowest BCUT2D eigenvalue weighted by Crippen LogP contribution is -2.32. The molecule has 2 aromatic carbocycles. The van der Waals surface area contributed by atoms with Crippen LogP contribution in [-0.4, -0.2) is 60.4 Å². The molecule has 0 unspecified atom stereocenters. The van der Waals surface area contributed by atoms with Crippen LogP contribution in [0.3, 0.4) is 0 Å². The minimum atomic E-state index is -0.749. The molecule has 0 spiro atoms. The number of Topliss-reactive ketones (excluding diaryl/α,β-unsaturated/α-hetero) is 1. The van der Waals surface area contributed by atoms with E-state index >= 15 is 0 Å². The second-order valence-electron chi connectivity index (χ2n) is 7.78. The Morgan fingerprint density at radius 2 is 1.91 bits per heavy atom. The lowest BCUT2D eigenvalue weighted by atomic mass is 9.95. The van der Waals surface area contributed by atoms with E-state index in [0.717, 1.165) is 6.54 Å². The summed E-state index contributed by atoms with van der Waals surface area (Å²) in [6.07, 6.45) is 0.673. The highest BCUT2D eigenvalue weighted by Gasteiger charge is 2.45. The SMILES string of the molecule is CCOc1ccc(/C(O)=C2\C(=O)C(=O)N(CCCN(C)C)[C@@H]2c2cccc(Cl)c2)cc1Cl. The maximum absolute atomic E-state index is 13.0. The van der Waals surface area contributed by atoms with E-state index < -0.39 is 17.7 Å². The molecule has 0 saturated carbocycles. The Labute approximate surface area is 198 Å². The number of hydrogen-bond donors (Lipinski definition) is 1. The summed E-state index contributed by atoms with van der Waals surface area (Å²) in [4.78, 5) is 29.5. The number of hydrogen-bond acceptors (Lipinski definition) is 5. The quantitative estimate of drug-likeness (QED) is 0.337. The normalized spacial score (nSPS) is 17.9. The van der Waals surface area contributed by atoms with Crippen molar-refractivity contribution in [2.75, 3.05) is 33.8 Å². The summed E-state index contributed by atoms with van der Waals surface area (Å²) in [6.45, 7) is 3.39. The predicted octanol–water partition coefficient (Wildman–Crippen LogP) is 4.77. The number of rotatable bonds is 8. The van der Waals surface area contributed by atoms with Gasteiger partial charge in [0, 0.05) is 17.1 Å². The third kappa shape index (κ3) is 5.09. The van der Waals surface area contributed by atoms with E-state index in [1.54, 1.807) is 36.4 Å². The maximum atomic E-state index is 13.0. The molecular weight excluding hydrogens is 451 g/mol. The second-order valence-corrected chi connectivity index (χ2v) is 8.63. The highest BCUT2D eigenvalue weighted by Crippen LogP contribution is 2.40. The predicted molar refractivity (Wildman–Crippen MR) is 126 cm³/mol. The van der Waals surface area contributed by atoms with E-state index in [1.807, 2.05) is 25.9 Å². The maximum Gasteiger partial charge on any atom is 0.295 e. The molecule has 0 radical (unpaired) electrons. The highest BCUT2D eigenvalue weighted by atomic mass is 35.5. The van der Waals surface area contributed by atoms with Gasteiger partial charge >= 0.3 is 0 Å². The molecule has 6 nitrogen and oxygen atoms in total. The van der Waals surface area contributed by atoms with E-state index in [4.69, 9.17) is 27.9 Å². The monoisotopic (exact) mass is 476 g/mol. The van der Waals surface area contributed by atoms with Crippen molar-refractivity contribution in [3.8, 4) is 5.75 Å². The van der Waals surface area contributed by atoms with E-state index in [-0.39, 0.29) is 11.3 Å². The first-order valence-corrected chi connectivity index (χ1v) is 11.1. The molecule has 1 heterocycles. The molecule has 1 aliphatic rings. The van der Waals surface area contributed by atoms with E-state index in [9.17, 15) is 14.7 Å². The standard InChI is InChI=1S/C24H26Cl2N2O4/c1-4-32-19-10-9-16(14-18(19)26)22(29)20-21(15-7-5-8-17(25)13-15)28(24(31)23(20)30)12-6-11-27(2)3/h5,7-10,13-14,21,29H,4,6,11-12H2,1-3H3/b22-20+/t21-/m1/s1. The average molecular weight is 477 g/mol. The summed E-state index contributed by atoms with van der Waals surface area (Å²) in [6, 6.07) is 11.0. The van der Waals surface area contributed by atoms with Gasteiger partial charge in [-0.05, 0) is 69.9 Å². The van der Waals surface area contributed by atoms with Gasteiger partial charge in [0.05, 0.1) is 23.2 Å². The number of benzene rings is 2. The van der Waals surface area contributed by atoms with Gasteiger partial charge in [0.15, 0.2) is 0 Å². The fourth-order valence-corrected chi connectivity index (χ4v) is 4.20. The smallest absolute Gasteiger partial charge is 0.295 e. The van der Waals surface area contributed by atoms with Gasteiger partial charge in [0.2, 0.25) is 0 Å². The minimum Gasteiger partial charge on any atom is -0.507 e. The Morgan fingerprint density at radius 3 is 2.53 bits per heavy atom. The first-order valence-electron chi connectivity index (χ1n) is 10.4. The summed E-state index contributed by atoms with van der Waals surface area (Å²) in [5.74, 6) is -1.19. The van der Waals surface area contributed by atoms with Crippen molar-refractivity contribution in [2.24, 2.45) is 0 Å². The molecule has 1 atom stereocenters. The van der Waals surface area contributed by atoms with Crippen LogP contribution in [0.2, 0.25) is 10.0 Å².